The molecule has 1 aliphatic carbocycles. The Bertz CT molecular complexity index is 2740. The molecule has 3 aromatic heterocycles. The van der Waals surface area contributed by atoms with E-state index in [4.69, 9.17) is 9.97 Å². The van der Waals surface area contributed by atoms with Crippen molar-refractivity contribution >= 4 is 21.8 Å². The zero-order valence-electron chi connectivity index (χ0n) is 34.3. The van der Waals surface area contributed by atoms with Gasteiger partial charge in [-0.05, 0) is 113 Å². The van der Waals surface area contributed by atoms with Crippen molar-refractivity contribution in [2.24, 2.45) is 13.0 Å². The van der Waals surface area contributed by atoms with Gasteiger partial charge in [0.2, 0.25) is 0 Å². The van der Waals surface area contributed by atoms with Crippen molar-refractivity contribution in [2.75, 3.05) is 0 Å². The monoisotopic (exact) mass is 732 g/mol. The first-order chi connectivity index (χ1) is 27.0. The predicted molar refractivity (Wildman–Crippen MR) is 236 cm³/mol. The smallest absolute Gasteiger partial charge is 0.144 e. The van der Waals surface area contributed by atoms with Crippen molar-refractivity contribution in [1.29, 1.82) is 0 Å². The number of hydrogen-bond donors (Lipinski definition) is 0. The van der Waals surface area contributed by atoms with Crippen LogP contribution in [0, 0.1) is 19.8 Å². The van der Waals surface area contributed by atoms with Gasteiger partial charge in [0.05, 0.1) is 16.9 Å². The van der Waals surface area contributed by atoms with Gasteiger partial charge in [-0.1, -0.05) is 120 Å². The quantitative estimate of drug-likeness (QED) is 0.156. The molecule has 56 heavy (non-hydrogen) atoms. The summed E-state index contributed by atoms with van der Waals surface area (Å²) in [5, 5.41) is 2.53. The number of benzene rings is 5. The Morgan fingerprint density at radius 2 is 1.39 bits per heavy atom. The van der Waals surface area contributed by atoms with E-state index >= 15 is 0 Å². The third kappa shape index (κ3) is 5.72. The molecule has 1 aliphatic rings. The number of fused-ring (bicyclic) bond motifs is 3. The second-order valence-electron chi connectivity index (χ2n) is 17.1. The Balaban J connectivity index is 1.21. The van der Waals surface area contributed by atoms with E-state index in [0.29, 0.717) is 17.8 Å². The summed E-state index contributed by atoms with van der Waals surface area (Å²) in [6.45, 7) is 18.5. The highest BCUT2D eigenvalue weighted by molar-refractivity contribution is 6.12. The summed E-state index contributed by atoms with van der Waals surface area (Å²) in [6, 6.07) is 40.3. The summed E-state index contributed by atoms with van der Waals surface area (Å²) in [5.74, 6) is 2.26. The molecule has 0 radical (unpaired) electrons. The molecule has 4 nitrogen and oxygen atoms in total. The van der Waals surface area contributed by atoms with Crippen LogP contribution in [0.2, 0.25) is 0 Å². The van der Waals surface area contributed by atoms with E-state index < -0.39 is 0 Å². The molecule has 0 spiro atoms. The van der Waals surface area contributed by atoms with Crippen LogP contribution in [0.5, 0.6) is 0 Å². The number of aromatic nitrogens is 4. The average Bonchev–Trinajstić information content (AvgIpc) is 3.47. The lowest BCUT2D eigenvalue weighted by Crippen LogP contribution is -2.11. The van der Waals surface area contributed by atoms with E-state index in [0.717, 1.165) is 22.8 Å². The van der Waals surface area contributed by atoms with Gasteiger partial charge in [0, 0.05) is 58.1 Å². The van der Waals surface area contributed by atoms with Crippen LogP contribution in [0.15, 0.2) is 122 Å². The van der Waals surface area contributed by atoms with Crippen LogP contribution in [0.1, 0.15) is 87.7 Å². The molecular weight excluding hydrogens is 681 g/mol. The fourth-order valence-electron chi connectivity index (χ4n) is 9.50. The molecule has 0 amide bonds. The molecule has 0 N–H and O–H groups in total. The molecule has 9 rings (SSSR count). The maximum Gasteiger partial charge on any atom is 0.144 e. The fourth-order valence-corrected chi connectivity index (χ4v) is 9.50. The number of imidazole rings is 1. The first-order valence-electron chi connectivity index (χ1n) is 20.3. The Morgan fingerprint density at radius 1 is 0.714 bits per heavy atom. The molecule has 280 valence electrons. The Hall–Kier alpha value is -5.74. The normalized spacial score (nSPS) is 16.8. The maximum absolute atomic E-state index is 5.36. The summed E-state index contributed by atoms with van der Waals surface area (Å²) in [7, 11) is 2.17. The highest BCUT2D eigenvalue weighted by atomic mass is 15.1. The van der Waals surface area contributed by atoms with Gasteiger partial charge in [-0.25, -0.2) is 4.98 Å². The van der Waals surface area contributed by atoms with E-state index in [1.54, 1.807) is 0 Å². The topological polar surface area (TPSA) is 35.6 Å². The zero-order chi connectivity index (χ0) is 39.0. The molecule has 0 saturated heterocycles. The summed E-state index contributed by atoms with van der Waals surface area (Å²) in [6.07, 6.45) is 5.35. The lowest BCUT2D eigenvalue weighted by atomic mass is 9.86. The van der Waals surface area contributed by atoms with Crippen LogP contribution < -0.4 is 0 Å². The third-order valence-electron chi connectivity index (χ3n) is 12.8. The van der Waals surface area contributed by atoms with Gasteiger partial charge >= 0.3 is 0 Å². The van der Waals surface area contributed by atoms with Crippen molar-refractivity contribution in [2.45, 2.75) is 79.1 Å². The zero-order valence-corrected chi connectivity index (χ0v) is 34.3. The molecule has 5 aromatic carbocycles. The number of nitrogens with zero attached hydrogens (tertiary/aromatic N) is 4. The summed E-state index contributed by atoms with van der Waals surface area (Å²) < 4.78 is 4.71. The van der Waals surface area contributed by atoms with Gasteiger partial charge in [-0.2, -0.15) is 0 Å². The minimum atomic E-state index is 0.104. The first-order valence-corrected chi connectivity index (χ1v) is 20.3. The lowest BCUT2D eigenvalue weighted by molar-refractivity contribution is 0.702. The molecule has 8 aromatic rings. The molecule has 3 heterocycles. The van der Waals surface area contributed by atoms with Crippen molar-refractivity contribution < 1.29 is 0 Å². The van der Waals surface area contributed by atoms with Gasteiger partial charge in [-0.15, -0.1) is 0 Å². The second-order valence-corrected chi connectivity index (χ2v) is 17.1. The Labute approximate surface area is 331 Å². The third-order valence-corrected chi connectivity index (χ3v) is 12.8. The van der Waals surface area contributed by atoms with E-state index in [-0.39, 0.29) is 5.41 Å². The number of para-hydroxylation sites is 2. The van der Waals surface area contributed by atoms with Crippen LogP contribution >= 0.6 is 0 Å². The van der Waals surface area contributed by atoms with Gasteiger partial charge < -0.3 is 4.57 Å². The van der Waals surface area contributed by atoms with Crippen LogP contribution in [0.25, 0.3) is 72.4 Å². The maximum atomic E-state index is 5.36. The minimum absolute atomic E-state index is 0.104. The van der Waals surface area contributed by atoms with Crippen LogP contribution in [-0.2, 0) is 12.5 Å². The fraction of sp³-hybridized carbons (Fsp3) is 0.269. The first kappa shape index (κ1) is 35.9. The van der Waals surface area contributed by atoms with Crippen molar-refractivity contribution in [3.05, 3.63) is 150 Å². The standard InChI is InChI=1S/C52H52N4/c1-31(2)42-28-38(36-16-11-10-12-17-36)29-43(32(3)4)50(42)56-25-24-53-51(56)44-27-37(22-23-45(44)52(8)30-34(52)6)48-33(5)26-46(54-35(48)7)41-20-15-19-40-39-18-13-14-21-47(39)55(9)49(40)41/h10-29,31-32,34H,30H2,1-9H3/t34-,52?/m0/s1. The number of pyridine rings is 1. The van der Waals surface area contributed by atoms with E-state index in [1.807, 2.05) is 6.20 Å². The van der Waals surface area contributed by atoms with Crippen molar-refractivity contribution in [3.8, 4) is 50.6 Å². The molecular formula is C52H52N4. The highest BCUT2D eigenvalue weighted by Gasteiger charge is 2.49. The summed E-state index contributed by atoms with van der Waals surface area (Å²) >= 11 is 0. The largest absolute Gasteiger partial charge is 0.343 e. The average molecular weight is 733 g/mol. The Kier molecular flexibility index (Phi) is 8.65. The Morgan fingerprint density at radius 3 is 2.07 bits per heavy atom. The van der Waals surface area contributed by atoms with Gasteiger partial charge in [0.1, 0.15) is 5.82 Å². The van der Waals surface area contributed by atoms with Crippen molar-refractivity contribution in [3.63, 3.8) is 0 Å². The second kappa shape index (κ2) is 13.5. The highest BCUT2D eigenvalue weighted by Crippen LogP contribution is 2.56. The van der Waals surface area contributed by atoms with Crippen LogP contribution in [-0.4, -0.2) is 19.1 Å². The lowest BCUT2D eigenvalue weighted by Gasteiger charge is -2.25. The minimum Gasteiger partial charge on any atom is -0.343 e. The molecule has 2 atom stereocenters. The van der Waals surface area contributed by atoms with Crippen molar-refractivity contribution in [1.82, 2.24) is 19.1 Å². The SMILES string of the molecule is Cc1cc(-c2cccc3c4ccccc4n(C)c23)nc(C)c1-c1ccc(C2(C)C[C@@H]2C)c(-c2nccn2-c2c(C(C)C)cc(-c3ccccc3)cc2C(C)C)c1. The molecule has 1 saturated carbocycles. The van der Waals surface area contributed by atoms with E-state index in [9.17, 15) is 0 Å². The molecule has 1 fully saturated rings. The van der Waals surface area contributed by atoms with Gasteiger partial charge in [0.15, 0.2) is 0 Å². The van der Waals surface area contributed by atoms with Crippen LogP contribution in [0.4, 0.5) is 0 Å². The number of hydrogen-bond acceptors (Lipinski definition) is 2. The molecule has 1 unspecified atom stereocenters. The summed E-state index contributed by atoms with van der Waals surface area (Å²) in [4.78, 5) is 10.6. The van der Waals surface area contributed by atoms with Gasteiger partial charge in [0.25, 0.3) is 0 Å². The van der Waals surface area contributed by atoms with Crippen LogP contribution in [0.3, 0.4) is 0 Å². The number of rotatable bonds is 8. The van der Waals surface area contributed by atoms with Gasteiger partial charge in [-0.3, -0.25) is 9.55 Å². The molecule has 0 bridgehead atoms. The summed E-state index contributed by atoms with van der Waals surface area (Å²) in [5.41, 5.74) is 18.4. The van der Waals surface area contributed by atoms with E-state index in [1.165, 1.54) is 84.0 Å². The van der Waals surface area contributed by atoms with E-state index in [2.05, 4.69) is 187 Å². The predicted octanol–water partition coefficient (Wildman–Crippen LogP) is 13.7. The molecule has 0 aliphatic heterocycles. The molecule has 4 heteroatoms. The number of aryl methyl sites for hydroxylation is 3.